The lowest BCUT2D eigenvalue weighted by Crippen LogP contribution is -2.05. The first-order chi connectivity index (χ1) is 6.99. The van der Waals surface area contributed by atoms with Crippen LogP contribution in [-0.2, 0) is 0 Å². The molecule has 3 nitrogen and oxygen atoms in total. The molecule has 0 unspecified atom stereocenters. The van der Waals surface area contributed by atoms with Gasteiger partial charge in [-0.25, -0.2) is 8.78 Å². The third-order valence-electron chi connectivity index (χ3n) is 1.62. The predicted octanol–water partition coefficient (Wildman–Crippen LogP) is 3.01. The zero-order chi connectivity index (χ0) is 11.6. The lowest BCUT2D eigenvalue weighted by atomic mass is 10.2. The number of nitrogens with zero attached hydrogens (tertiary/aromatic N) is 1. The minimum Gasteiger partial charge on any atom is -0.494 e. The number of hydrogen-bond acceptors (Lipinski definition) is 3. The largest absolute Gasteiger partial charge is 0.494 e. The summed E-state index contributed by atoms with van der Waals surface area (Å²) in [5, 5.41) is -0.847. The number of pyridine rings is 1. The molecule has 0 aliphatic carbocycles. The van der Waals surface area contributed by atoms with E-state index in [0.717, 1.165) is 6.20 Å². The quantitative estimate of drug-likeness (QED) is 0.623. The fourth-order valence-electron chi connectivity index (χ4n) is 1.03. The van der Waals surface area contributed by atoms with E-state index in [4.69, 9.17) is 16.3 Å². The van der Waals surface area contributed by atoms with E-state index in [2.05, 4.69) is 4.98 Å². The molecule has 0 saturated heterocycles. The van der Waals surface area contributed by atoms with Gasteiger partial charge in [-0.2, -0.15) is 0 Å². The van der Waals surface area contributed by atoms with Crippen molar-refractivity contribution in [2.24, 2.45) is 0 Å². The van der Waals surface area contributed by atoms with Crippen molar-refractivity contribution in [3.8, 4) is 5.75 Å². The average molecular weight is 347 g/mol. The summed E-state index contributed by atoms with van der Waals surface area (Å²) in [4.78, 5) is 14.5. The molecule has 82 valence electrons. The first-order valence-electron chi connectivity index (χ1n) is 3.69. The molecular weight excluding hydrogens is 342 g/mol. The van der Waals surface area contributed by atoms with Crippen LogP contribution >= 0.6 is 34.2 Å². The number of hydrogen-bond donors (Lipinski definition) is 0. The maximum Gasteiger partial charge on any atom is 0.284 e. The molecule has 0 aliphatic rings. The second-order valence-electron chi connectivity index (χ2n) is 2.47. The van der Waals surface area contributed by atoms with Gasteiger partial charge in [0.2, 0.25) is 0 Å². The molecule has 0 amide bonds. The number of alkyl halides is 2. The van der Waals surface area contributed by atoms with E-state index in [9.17, 15) is 13.6 Å². The fourth-order valence-corrected chi connectivity index (χ4v) is 2.01. The Morgan fingerprint density at radius 2 is 2.27 bits per heavy atom. The molecule has 0 N–H and O–H groups in total. The van der Waals surface area contributed by atoms with Gasteiger partial charge >= 0.3 is 0 Å². The van der Waals surface area contributed by atoms with Gasteiger partial charge in [-0.3, -0.25) is 9.78 Å². The summed E-state index contributed by atoms with van der Waals surface area (Å²) in [6, 6.07) is 0. The molecule has 0 saturated carbocycles. The van der Waals surface area contributed by atoms with Gasteiger partial charge in [0.1, 0.15) is 5.69 Å². The van der Waals surface area contributed by atoms with Crippen molar-refractivity contribution in [2.45, 2.75) is 6.43 Å². The number of halogens is 4. The number of aromatic nitrogens is 1. The van der Waals surface area contributed by atoms with Crippen LogP contribution in [0.3, 0.4) is 0 Å². The smallest absolute Gasteiger partial charge is 0.284 e. The Labute approximate surface area is 103 Å². The van der Waals surface area contributed by atoms with E-state index in [1.54, 1.807) is 22.6 Å². The van der Waals surface area contributed by atoms with E-state index in [-0.39, 0.29) is 11.3 Å². The number of carbonyl (C=O) groups is 1. The van der Waals surface area contributed by atoms with Crippen LogP contribution in [0.5, 0.6) is 5.75 Å². The number of ether oxygens (including phenoxy) is 1. The van der Waals surface area contributed by atoms with Crippen molar-refractivity contribution < 1.29 is 18.3 Å². The molecular formula is C8H5ClF2INO2. The molecule has 0 aliphatic heterocycles. The molecule has 0 spiro atoms. The maximum atomic E-state index is 12.5. The third-order valence-corrected chi connectivity index (χ3v) is 2.63. The van der Waals surface area contributed by atoms with Gasteiger partial charge in [0.25, 0.3) is 11.7 Å². The van der Waals surface area contributed by atoms with Gasteiger partial charge in [-0.1, -0.05) is 0 Å². The molecule has 15 heavy (non-hydrogen) atoms. The minimum absolute atomic E-state index is 0.0786. The lowest BCUT2D eigenvalue weighted by molar-refractivity contribution is 0.107. The average Bonchev–Trinajstić information content (AvgIpc) is 2.15. The topological polar surface area (TPSA) is 39.2 Å². The van der Waals surface area contributed by atoms with Crippen LogP contribution in [0.25, 0.3) is 0 Å². The molecule has 0 atom stereocenters. The van der Waals surface area contributed by atoms with E-state index >= 15 is 0 Å². The highest BCUT2D eigenvalue weighted by molar-refractivity contribution is 14.1. The van der Waals surface area contributed by atoms with Gasteiger partial charge in [0, 0.05) is 9.77 Å². The Kier molecular flexibility index (Phi) is 4.21. The first kappa shape index (κ1) is 12.6. The predicted molar refractivity (Wildman–Crippen MR) is 58.6 cm³/mol. The van der Waals surface area contributed by atoms with Crippen LogP contribution in [0.1, 0.15) is 22.5 Å². The molecule has 0 fully saturated rings. The Balaban J connectivity index is 3.47. The molecule has 0 radical (unpaired) electrons. The summed E-state index contributed by atoms with van der Waals surface area (Å²) in [6.45, 7) is 0. The lowest BCUT2D eigenvalue weighted by Gasteiger charge is -2.10. The Morgan fingerprint density at radius 1 is 1.67 bits per heavy atom. The van der Waals surface area contributed by atoms with Gasteiger partial charge in [-0.05, 0) is 34.2 Å². The Hall–Kier alpha value is -0.500. The van der Waals surface area contributed by atoms with Crippen molar-refractivity contribution in [3.63, 3.8) is 0 Å². The van der Waals surface area contributed by atoms with Crippen molar-refractivity contribution in [2.75, 3.05) is 7.11 Å². The highest BCUT2D eigenvalue weighted by atomic mass is 127. The standard InChI is InChI=1S/C8H5ClF2INO2/c1-15-6-4(7(9)14)3(12)2-13-5(6)8(10)11/h2,8H,1H3. The summed E-state index contributed by atoms with van der Waals surface area (Å²) in [5.41, 5.74) is -0.660. The highest BCUT2D eigenvalue weighted by Crippen LogP contribution is 2.33. The second-order valence-corrected chi connectivity index (χ2v) is 3.98. The Bertz CT molecular complexity index is 400. The highest BCUT2D eigenvalue weighted by Gasteiger charge is 2.24. The molecule has 7 heteroatoms. The van der Waals surface area contributed by atoms with Crippen LogP contribution < -0.4 is 4.74 Å². The van der Waals surface area contributed by atoms with Crippen LogP contribution in [0, 0.1) is 3.57 Å². The normalized spacial score (nSPS) is 10.5. The van der Waals surface area contributed by atoms with Crippen molar-refractivity contribution in [1.82, 2.24) is 4.98 Å². The molecule has 1 aromatic rings. The summed E-state index contributed by atoms with van der Waals surface area (Å²) in [6.07, 6.45) is -1.66. The molecule has 1 aromatic heterocycles. The minimum atomic E-state index is -2.81. The first-order valence-corrected chi connectivity index (χ1v) is 5.15. The monoisotopic (exact) mass is 347 g/mol. The summed E-state index contributed by atoms with van der Waals surface area (Å²) >= 11 is 7.04. The van der Waals surface area contributed by atoms with E-state index < -0.39 is 17.4 Å². The van der Waals surface area contributed by atoms with E-state index in [1.165, 1.54) is 7.11 Å². The van der Waals surface area contributed by atoms with Crippen LogP contribution in [0.4, 0.5) is 8.78 Å². The van der Waals surface area contributed by atoms with E-state index in [0.29, 0.717) is 3.57 Å². The second kappa shape index (κ2) is 5.02. The van der Waals surface area contributed by atoms with Crippen LogP contribution in [0.15, 0.2) is 6.20 Å². The maximum absolute atomic E-state index is 12.5. The van der Waals surface area contributed by atoms with Crippen molar-refractivity contribution in [1.29, 1.82) is 0 Å². The Morgan fingerprint density at radius 3 is 2.67 bits per heavy atom. The molecule has 1 rings (SSSR count). The fraction of sp³-hybridized carbons (Fsp3) is 0.250. The van der Waals surface area contributed by atoms with Gasteiger partial charge in [-0.15, -0.1) is 0 Å². The van der Waals surface area contributed by atoms with Crippen molar-refractivity contribution >= 4 is 39.4 Å². The SMILES string of the molecule is COc1c(C(F)F)ncc(I)c1C(=O)Cl. The molecule has 0 bridgehead atoms. The number of rotatable bonds is 3. The number of methoxy groups -OCH3 is 1. The summed E-state index contributed by atoms with van der Waals surface area (Å²) < 4.78 is 30.1. The van der Waals surface area contributed by atoms with Gasteiger partial charge < -0.3 is 4.74 Å². The van der Waals surface area contributed by atoms with Gasteiger partial charge in [0.15, 0.2) is 5.75 Å². The number of carbonyl (C=O) groups excluding carboxylic acids is 1. The van der Waals surface area contributed by atoms with Crippen LogP contribution in [-0.4, -0.2) is 17.3 Å². The third kappa shape index (κ3) is 2.54. The zero-order valence-corrected chi connectivity index (χ0v) is 10.3. The van der Waals surface area contributed by atoms with E-state index in [1.807, 2.05) is 0 Å². The van der Waals surface area contributed by atoms with Gasteiger partial charge in [0.05, 0.1) is 12.7 Å². The summed E-state index contributed by atoms with van der Waals surface area (Å²) in [7, 11) is 1.18. The van der Waals surface area contributed by atoms with Crippen LogP contribution in [0.2, 0.25) is 0 Å². The zero-order valence-electron chi connectivity index (χ0n) is 7.43. The van der Waals surface area contributed by atoms with Crippen molar-refractivity contribution in [3.05, 3.63) is 21.0 Å². The summed E-state index contributed by atoms with van der Waals surface area (Å²) in [5.74, 6) is -0.267. The molecule has 1 heterocycles. The molecule has 0 aromatic carbocycles.